The molecule has 3 N–H and O–H groups in total. The number of carbonyl (C=O) groups is 1. The van der Waals surface area contributed by atoms with Crippen molar-refractivity contribution in [2.45, 2.75) is 0 Å². The summed E-state index contributed by atoms with van der Waals surface area (Å²) in [7, 11) is 0. The lowest BCUT2D eigenvalue weighted by molar-refractivity contribution is 0.0704. The van der Waals surface area contributed by atoms with Crippen LogP contribution in [0.1, 0.15) is 9.67 Å². The average Bonchev–Trinajstić information content (AvgIpc) is 2.90. The van der Waals surface area contributed by atoms with Crippen LogP contribution < -0.4 is 10.2 Å². The van der Waals surface area contributed by atoms with Crippen molar-refractivity contribution < 1.29 is 9.90 Å². The van der Waals surface area contributed by atoms with Crippen molar-refractivity contribution in [3.05, 3.63) is 11.2 Å². The van der Waals surface area contributed by atoms with Gasteiger partial charge in [0.2, 0.25) is 0 Å². The van der Waals surface area contributed by atoms with E-state index in [1.165, 1.54) is 11.3 Å². The molecule has 1 aliphatic rings. The van der Waals surface area contributed by atoms with Gasteiger partial charge in [0.1, 0.15) is 20.9 Å². The fraction of sp³-hybridized carbons (Fsp3) is 0.400. The Morgan fingerprint density at radius 2 is 2.24 bits per heavy atom. The van der Waals surface area contributed by atoms with Crippen LogP contribution in [0.4, 0.5) is 5.00 Å². The number of rotatable bonds is 2. The number of piperazine rings is 1. The predicted molar refractivity (Wildman–Crippen MR) is 66.0 cm³/mol. The number of hydrogen-bond acceptors (Lipinski definition) is 5. The van der Waals surface area contributed by atoms with E-state index >= 15 is 0 Å². The van der Waals surface area contributed by atoms with Crippen molar-refractivity contribution in [1.29, 1.82) is 0 Å². The summed E-state index contributed by atoms with van der Waals surface area (Å²) in [6, 6.07) is 0. The molecule has 0 atom stereocenters. The molecule has 0 aromatic carbocycles. The second kappa shape index (κ2) is 4.01. The molecule has 0 unspecified atom stereocenters. The third kappa shape index (κ3) is 1.67. The lowest BCUT2D eigenvalue weighted by atomic mass is 10.3. The molecule has 0 spiro atoms. The Labute approximate surface area is 101 Å². The zero-order valence-electron chi connectivity index (χ0n) is 9.06. The van der Waals surface area contributed by atoms with Crippen LogP contribution in [0, 0.1) is 0 Å². The van der Waals surface area contributed by atoms with Crippen molar-refractivity contribution in [2.75, 3.05) is 31.1 Å². The Balaban J connectivity index is 2.09. The third-order valence-corrected chi connectivity index (χ3v) is 4.09. The maximum absolute atomic E-state index is 11.1. The first kappa shape index (κ1) is 10.5. The lowest BCUT2D eigenvalue weighted by Crippen LogP contribution is -2.43. The molecule has 2 aromatic heterocycles. The van der Waals surface area contributed by atoms with E-state index in [2.05, 4.69) is 20.2 Å². The number of thiophene rings is 1. The molecule has 90 valence electrons. The number of nitrogens with zero attached hydrogens (tertiary/aromatic N) is 2. The van der Waals surface area contributed by atoms with E-state index in [-0.39, 0.29) is 0 Å². The van der Waals surface area contributed by atoms with E-state index in [0.717, 1.165) is 36.7 Å². The van der Waals surface area contributed by atoms with Crippen LogP contribution in [0.2, 0.25) is 0 Å². The number of carboxylic acid groups (broad SMARTS) is 1. The molecular weight excluding hydrogens is 240 g/mol. The smallest absolute Gasteiger partial charge is 0.348 e. The maximum Gasteiger partial charge on any atom is 0.348 e. The van der Waals surface area contributed by atoms with Gasteiger partial charge in [0.05, 0.1) is 6.33 Å². The van der Waals surface area contributed by atoms with Crippen molar-refractivity contribution >= 4 is 33.3 Å². The average molecular weight is 252 g/mol. The molecule has 1 fully saturated rings. The van der Waals surface area contributed by atoms with Gasteiger partial charge < -0.3 is 20.3 Å². The van der Waals surface area contributed by atoms with Gasteiger partial charge in [0.15, 0.2) is 0 Å². The van der Waals surface area contributed by atoms with E-state index < -0.39 is 5.97 Å². The second-order valence-corrected chi connectivity index (χ2v) is 4.90. The summed E-state index contributed by atoms with van der Waals surface area (Å²) in [6.07, 6.45) is 1.55. The van der Waals surface area contributed by atoms with E-state index in [1.54, 1.807) is 6.33 Å². The fourth-order valence-electron chi connectivity index (χ4n) is 2.06. The number of nitrogens with one attached hydrogen (secondary N) is 2. The molecule has 0 aliphatic carbocycles. The number of aromatic nitrogens is 2. The highest BCUT2D eigenvalue weighted by Gasteiger charge is 2.23. The van der Waals surface area contributed by atoms with Gasteiger partial charge >= 0.3 is 5.97 Å². The van der Waals surface area contributed by atoms with Gasteiger partial charge in [-0.15, -0.1) is 11.3 Å². The molecule has 0 amide bonds. The Morgan fingerprint density at radius 1 is 1.47 bits per heavy atom. The highest BCUT2D eigenvalue weighted by atomic mass is 32.1. The van der Waals surface area contributed by atoms with E-state index in [0.29, 0.717) is 10.4 Å². The number of imidazole rings is 1. The van der Waals surface area contributed by atoms with E-state index in [1.807, 2.05) is 0 Å². The Morgan fingerprint density at radius 3 is 2.94 bits per heavy atom. The van der Waals surface area contributed by atoms with Crippen LogP contribution in [0.3, 0.4) is 0 Å². The van der Waals surface area contributed by atoms with Crippen molar-refractivity contribution in [3.8, 4) is 0 Å². The van der Waals surface area contributed by atoms with E-state index in [9.17, 15) is 4.79 Å². The Kier molecular flexibility index (Phi) is 2.49. The molecule has 6 nitrogen and oxygen atoms in total. The van der Waals surface area contributed by atoms with Crippen molar-refractivity contribution in [1.82, 2.24) is 15.3 Å². The van der Waals surface area contributed by atoms with Gasteiger partial charge in [-0.2, -0.15) is 0 Å². The molecule has 1 aliphatic heterocycles. The van der Waals surface area contributed by atoms with E-state index in [4.69, 9.17) is 5.11 Å². The Hall–Kier alpha value is -1.60. The minimum Gasteiger partial charge on any atom is -0.477 e. The van der Waals surface area contributed by atoms with Crippen molar-refractivity contribution in [3.63, 3.8) is 0 Å². The molecule has 3 rings (SSSR count). The summed E-state index contributed by atoms with van der Waals surface area (Å²) in [5, 5.41) is 13.4. The number of fused-ring (bicyclic) bond motifs is 1. The topological polar surface area (TPSA) is 81.2 Å². The van der Waals surface area contributed by atoms with Gasteiger partial charge in [0, 0.05) is 26.2 Å². The van der Waals surface area contributed by atoms with Gasteiger partial charge in [0.25, 0.3) is 0 Å². The number of aromatic carboxylic acids is 1. The Bertz CT molecular complexity index is 556. The summed E-state index contributed by atoms with van der Waals surface area (Å²) >= 11 is 1.30. The highest BCUT2D eigenvalue weighted by molar-refractivity contribution is 7.19. The van der Waals surface area contributed by atoms with Crippen LogP contribution in [0.15, 0.2) is 6.33 Å². The lowest BCUT2D eigenvalue weighted by Gasteiger charge is -2.27. The predicted octanol–water partition coefficient (Wildman–Crippen LogP) is 0.732. The summed E-state index contributed by atoms with van der Waals surface area (Å²) < 4.78 is 0. The molecular formula is C10H12N4O2S. The standard InChI is InChI=1S/C10H12N4O2S/c15-10(16)8-6-7(13-5-12-6)9(17-8)14-3-1-11-2-4-14/h5,11H,1-4H2,(H,12,13)(H,15,16). The summed E-state index contributed by atoms with van der Waals surface area (Å²) in [5.74, 6) is -0.909. The van der Waals surface area contributed by atoms with Crippen LogP contribution in [0.25, 0.3) is 11.0 Å². The van der Waals surface area contributed by atoms with Gasteiger partial charge in [-0.25, -0.2) is 9.78 Å². The summed E-state index contributed by atoms with van der Waals surface area (Å²) in [5.41, 5.74) is 1.41. The molecule has 0 radical (unpaired) electrons. The van der Waals surface area contributed by atoms with Crippen LogP contribution in [-0.2, 0) is 0 Å². The van der Waals surface area contributed by atoms with Gasteiger partial charge in [-0.1, -0.05) is 0 Å². The normalized spacial score (nSPS) is 16.6. The zero-order chi connectivity index (χ0) is 11.8. The van der Waals surface area contributed by atoms with Gasteiger partial charge in [-0.3, -0.25) is 0 Å². The summed E-state index contributed by atoms with van der Waals surface area (Å²) in [6.45, 7) is 3.65. The third-order valence-electron chi connectivity index (χ3n) is 2.87. The SMILES string of the molecule is O=C(O)c1sc(N2CCNCC2)c2[nH]cnc12. The zero-order valence-corrected chi connectivity index (χ0v) is 9.88. The number of hydrogen-bond donors (Lipinski definition) is 3. The van der Waals surface area contributed by atoms with Crippen molar-refractivity contribution in [2.24, 2.45) is 0 Å². The molecule has 1 saturated heterocycles. The quantitative estimate of drug-likeness (QED) is 0.734. The number of anilines is 1. The maximum atomic E-state index is 11.1. The first-order valence-electron chi connectivity index (χ1n) is 5.42. The number of H-pyrrole nitrogens is 1. The molecule has 17 heavy (non-hydrogen) atoms. The second-order valence-electron chi connectivity index (χ2n) is 3.90. The minimum absolute atomic E-state index is 0.315. The van der Waals surface area contributed by atoms with Gasteiger partial charge in [-0.05, 0) is 0 Å². The number of aromatic amines is 1. The molecule has 0 bridgehead atoms. The highest BCUT2D eigenvalue weighted by Crippen LogP contribution is 2.36. The molecule has 7 heteroatoms. The fourth-order valence-corrected chi connectivity index (χ4v) is 3.16. The van der Waals surface area contributed by atoms with Crippen LogP contribution in [0.5, 0.6) is 0 Å². The minimum atomic E-state index is -0.909. The van der Waals surface area contributed by atoms with Crippen LogP contribution in [-0.4, -0.2) is 47.2 Å². The first-order chi connectivity index (χ1) is 8.27. The molecule has 0 saturated carbocycles. The first-order valence-corrected chi connectivity index (χ1v) is 6.24. The number of carboxylic acids is 1. The molecule has 2 aromatic rings. The summed E-state index contributed by atoms with van der Waals surface area (Å²) in [4.78, 5) is 20.8. The molecule has 3 heterocycles. The monoisotopic (exact) mass is 252 g/mol. The largest absolute Gasteiger partial charge is 0.477 e. The van der Waals surface area contributed by atoms with Crippen LogP contribution >= 0.6 is 11.3 Å².